The third-order valence-corrected chi connectivity index (χ3v) is 5.72. The topological polar surface area (TPSA) is 50.8 Å². The lowest BCUT2D eigenvalue weighted by atomic mass is 9.74. The van der Waals surface area contributed by atoms with Crippen molar-refractivity contribution in [3.63, 3.8) is 0 Å². The van der Waals surface area contributed by atoms with Gasteiger partial charge in [-0.1, -0.05) is 6.42 Å². The highest BCUT2D eigenvalue weighted by Gasteiger charge is 2.56. The van der Waals surface area contributed by atoms with Gasteiger partial charge in [-0.3, -0.25) is 9.69 Å². The van der Waals surface area contributed by atoms with Gasteiger partial charge in [0.25, 0.3) is 0 Å². The third kappa shape index (κ3) is 3.47. The summed E-state index contributed by atoms with van der Waals surface area (Å²) in [6, 6.07) is 7.76. The maximum atomic E-state index is 12.0. The molecule has 1 saturated carbocycles. The van der Waals surface area contributed by atoms with Crippen LogP contribution in [-0.2, 0) is 4.79 Å². The average Bonchev–Trinajstić information content (AvgIpc) is 3.12. The van der Waals surface area contributed by atoms with Crippen molar-refractivity contribution in [2.45, 2.75) is 63.6 Å². The van der Waals surface area contributed by atoms with Gasteiger partial charge in [-0.2, -0.15) is 0 Å². The molecule has 5 heteroatoms. The summed E-state index contributed by atoms with van der Waals surface area (Å²) in [5.74, 6) is 1.65. The number of hydrogen-bond acceptors (Lipinski definition) is 4. The number of hydrogen-bond donors (Lipinski definition) is 1. The Balaban J connectivity index is 1.97. The molecule has 2 unspecified atom stereocenters. The highest BCUT2D eigenvalue weighted by atomic mass is 16.5. The Morgan fingerprint density at radius 1 is 1.04 bits per heavy atom. The number of carbonyl (C=O) groups excluding carboxylic acids is 1. The molecule has 1 aromatic carbocycles. The van der Waals surface area contributed by atoms with Crippen LogP contribution in [0.25, 0.3) is 0 Å². The Labute approximate surface area is 150 Å². The van der Waals surface area contributed by atoms with Crippen LogP contribution < -0.4 is 14.8 Å². The summed E-state index contributed by atoms with van der Waals surface area (Å²) in [6.07, 6.45) is 6.45. The minimum atomic E-state index is -0.498. The maximum Gasteiger partial charge on any atom is 0.217 e. The molecule has 0 bridgehead atoms. The van der Waals surface area contributed by atoms with Crippen molar-refractivity contribution in [3.05, 3.63) is 24.3 Å². The highest BCUT2D eigenvalue weighted by Crippen LogP contribution is 2.44. The standard InChI is InChI=1S/C20H30N2O3/c1-16(23)21-19(2)12-4-5-13-20(19,22-14-6-7-15-22)25-18-10-8-17(24-3)9-11-18/h8-11H,4-7,12-15H2,1-3H3,(H,21,23). The lowest BCUT2D eigenvalue weighted by molar-refractivity contribution is -0.164. The summed E-state index contributed by atoms with van der Waals surface area (Å²) >= 11 is 0. The van der Waals surface area contributed by atoms with Crippen molar-refractivity contribution in [1.82, 2.24) is 10.2 Å². The predicted molar refractivity (Wildman–Crippen MR) is 97.8 cm³/mol. The first-order chi connectivity index (χ1) is 12.0. The van der Waals surface area contributed by atoms with E-state index in [1.54, 1.807) is 14.0 Å². The van der Waals surface area contributed by atoms with E-state index in [9.17, 15) is 4.79 Å². The summed E-state index contributed by atoms with van der Waals surface area (Å²) in [4.78, 5) is 14.4. The number of amides is 1. The molecule has 1 aliphatic carbocycles. The Kier molecular flexibility index (Phi) is 5.23. The van der Waals surface area contributed by atoms with Crippen molar-refractivity contribution in [1.29, 1.82) is 0 Å². The number of benzene rings is 1. The number of methoxy groups -OCH3 is 1. The van der Waals surface area contributed by atoms with Gasteiger partial charge in [0.2, 0.25) is 5.91 Å². The van der Waals surface area contributed by atoms with E-state index in [4.69, 9.17) is 9.47 Å². The number of likely N-dealkylation sites (tertiary alicyclic amines) is 1. The first kappa shape index (κ1) is 18.1. The number of rotatable bonds is 5. The fraction of sp³-hybridized carbons (Fsp3) is 0.650. The Morgan fingerprint density at radius 2 is 1.64 bits per heavy atom. The molecule has 0 spiro atoms. The van der Waals surface area contributed by atoms with E-state index < -0.39 is 11.3 Å². The minimum absolute atomic E-state index is 0.00584. The first-order valence-corrected chi connectivity index (χ1v) is 9.36. The van der Waals surface area contributed by atoms with Crippen molar-refractivity contribution < 1.29 is 14.3 Å². The van der Waals surface area contributed by atoms with Crippen LogP contribution in [0.1, 0.15) is 52.4 Å². The monoisotopic (exact) mass is 346 g/mol. The molecule has 2 fully saturated rings. The molecule has 0 radical (unpaired) electrons. The summed E-state index contributed by atoms with van der Waals surface area (Å²) in [7, 11) is 1.66. The van der Waals surface area contributed by atoms with Gasteiger partial charge < -0.3 is 14.8 Å². The van der Waals surface area contributed by atoms with Gasteiger partial charge in [0.05, 0.1) is 12.6 Å². The lowest BCUT2D eigenvalue weighted by Crippen LogP contribution is -2.73. The van der Waals surface area contributed by atoms with E-state index in [1.807, 2.05) is 24.3 Å². The molecule has 138 valence electrons. The summed E-state index contributed by atoms with van der Waals surface area (Å²) in [6.45, 7) is 5.79. The molecule has 0 aromatic heterocycles. The highest BCUT2D eigenvalue weighted by molar-refractivity contribution is 5.74. The third-order valence-electron chi connectivity index (χ3n) is 5.72. The summed E-state index contributed by atoms with van der Waals surface area (Å²) < 4.78 is 12.0. The second-order valence-electron chi connectivity index (χ2n) is 7.48. The van der Waals surface area contributed by atoms with Crippen LogP contribution in [0.15, 0.2) is 24.3 Å². The predicted octanol–water partition coefficient (Wildman–Crippen LogP) is 3.33. The van der Waals surface area contributed by atoms with Gasteiger partial charge in [-0.15, -0.1) is 0 Å². The zero-order valence-electron chi connectivity index (χ0n) is 15.6. The molecule has 1 saturated heterocycles. The van der Waals surface area contributed by atoms with Gasteiger partial charge in [-0.25, -0.2) is 0 Å². The van der Waals surface area contributed by atoms with E-state index >= 15 is 0 Å². The van der Waals surface area contributed by atoms with Crippen LogP contribution >= 0.6 is 0 Å². The van der Waals surface area contributed by atoms with Crippen molar-refractivity contribution in [2.75, 3.05) is 20.2 Å². The molecule has 2 aliphatic rings. The van der Waals surface area contributed by atoms with Crippen LogP contribution in [0, 0.1) is 0 Å². The van der Waals surface area contributed by atoms with Crippen molar-refractivity contribution >= 4 is 5.91 Å². The van der Waals surface area contributed by atoms with Crippen LogP contribution in [-0.4, -0.2) is 42.3 Å². The number of nitrogens with zero attached hydrogens (tertiary/aromatic N) is 1. The number of ether oxygens (including phenoxy) is 2. The van der Waals surface area contributed by atoms with E-state index in [0.29, 0.717) is 0 Å². The minimum Gasteiger partial charge on any atom is -0.497 e. The van der Waals surface area contributed by atoms with E-state index in [2.05, 4.69) is 17.1 Å². The second kappa shape index (κ2) is 7.24. The normalized spacial score (nSPS) is 30.0. The molecule has 1 heterocycles. The van der Waals surface area contributed by atoms with Gasteiger partial charge >= 0.3 is 0 Å². The molecule has 2 atom stereocenters. The smallest absolute Gasteiger partial charge is 0.217 e. The van der Waals surface area contributed by atoms with Gasteiger partial charge in [0.15, 0.2) is 5.72 Å². The number of nitrogens with one attached hydrogen (secondary N) is 1. The Hall–Kier alpha value is -1.75. The SMILES string of the molecule is COc1ccc(OC2(N3CCCC3)CCCCC2(C)NC(C)=O)cc1. The molecule has 1 N–H and O–H groups in total. The van der Waals surface area contributed by atoms with E-state index in [0.717, 1.165) is 50.3 Å². The van der Waals surface area contributed by atoms with E-state index in [-0.39, 0.29) is 5.91 Å². The lowest BCUT2D eigenvalue weighted by Gasteiger charge is -2.55. The molecular formula is C20H30N2O3. The molecule has 1 amide bonds. The van der Waals surface area contributed by atoms with Gasteiger partial charge in [-0.05, 0) is 56.9 Å². The largest absolute Gasteiger partial charge is 0.497 e. The quantitative estimate of drug-likeness (QED) is 0.888. The summed E-state index contributed by atoms with van der Waals surface area (Å²) in [5.41, 5.74) is -0.899. The van der Waals surface area contributed by atoms with Crippen LogP contribution in [0.2, 0.25) is 0 Å². The van der Waals surface area contributed by atoms with Crippen molar-refractivity contribution in [2.24, 2.45) is 0 Å². The van der Waals surface area contributed by atoms with Gasteiger partial charge in [0, 0.05) is 26.4 Å². The fourth-order valence-electron chi connectivity index (χ4n) is 4.52. The number of carbonyl (C=O) groups is 1. The molecular weight excluding hydrogens is 316 g/mol. The van der Waals surface area contributed by atoms with Crippen LogP contribution in [0.5, 0.6) is 11.5 Å². The van der Waals surface area contributed by atoms with E-state index in [1.165, 1.54) is 12.8 Å². The average molecular weight is 346 g/mol. The van der Waals surface area contributed by atoms with Gasteiger partial charge in [0.1, 0.15) is 11.5 Å². The maximum absolute atomic E-state index is 12.0. The molecule has 3 rings (SSSR count). The molecule has 25 heavy (non-hydrogen) atoms. The van der Waals surface area contributed by atoms with Crippen LogP contribution in [0.3, 0.4) is 0 Å². The Morgan fingerprint density at radius 3 is 2.24 bits per heavy atom. The first-order valence-electron chi connectivity index (χ1n) is 9.36. The second-order valence-corrected chi connectivity index (χ2v) is 7.48. The molecule has 5 nitrogen and oxygen atoms in total. The van der Waals surface area contributed by atoms with Crippen molar-refractivity contribution in [3.8, 4) is 11.5 Å². The molecule has 1 aromatic rings. The molecule has 1 aliphatic heterocycles. The Bertz CT molecular complexity index is 597. The fourth-order valence-corrected chi connectivity index (χ4v) is 4.52. The zero-order chi connectivity index (χ0) is 17.9. The van der Waals surface area contributed by atoms with Crippen LogP contribution in [0.4, 0.5) is 0 Å². The summed E-state index contributed by atoms with van der Waals surface area (Å²) in [5, 5.41) is 3.24. The zero-order valence-corrected chi connectivity index (χ0v) is 15.6.